The third-order valence-electron chi connectivity index (χ3n) is 5.04. The quantitative estimate of drug-likeness (QED) is 0.834. The summed E-state index contributed by atoms with van der Waals surface area (Å²) in [5.74, 6) is 1.70. The zero-order valence-electron chi connectivity index (χ0n) is 13.2. The summed E-state index contributed by atoms with van der Waals surface area (Å²) in [6, 6.07) is 0.442. The molecule has 0 aromatic heterocycles. The van der Waals surface area contributed by atoms with Crippen molar-refractivity contribution in [2.75, 3.05) is 33.7 Å². The van der Waals surface area contributed by atoms with Crippen molar-refractivity contribution in [2.45, 2.75) is 51.0 Å². The molecule has 1 aliphatic heterocycles. The molecule has 1 saturated heterocycles. The fourth-order valence-corrected chi connectivity index (χ4v) is 3.81. The monoisotopic (exact) mass is 281 g/mol. The topological polar surface area (TPSA) is 49.6 Å². The molecule has 2 N–H and O–H groups in total. The van der Waals surface area contributed by atoms with Crippen LogP contribution in [0.5, 0.6) is 0 Å². The average molecular weight is 281 g/mol. The van der Waals surface area contributed by atoms with Crippen molar-refractivity contribution in [1.82, 2.24) is 9.80 Å². The highest BCUT2D eigenvalue weighted by Gasteiger charge is 2.31. The van der Waals surface area contributed by atoms with E-state index in [0.29, 0.717) is 23.8 Å². The lowest BCUT2D eigenvalue weighted by molar-refractivity contribution is -0.133. The predicted molar refractivity (Wildman–Crippen MR) is 82.4 cm³/mol. The lowest BCUT2D eigenvalue weighted by atomic mass is 9.80. The predicted octanol–water partition coefficient (Wildman–Crippen LogP) is 1.69. The molecule has 2 rings (SSSR count). The molecule has 1 aliphatic carbocycles. The first-order valence-electron chi connectivity index (χ1n) is 8.24. The first kappa shape index (κ1) is 15.8. The maximum Gasteiger partial charge on any atom is 0.223 e. The third-order valence-corrected chi connectivity index (χ3v) is 5.04. The number of nitrogens with zero attached hydrogens (tertiary/aromatic N) is 2. The largest absolute Gasteiger partial charge is 0.338 e. The molecule has 0 aromatic carbocycles. The lowest BCUT2D eigenvalue weighted by Crippen LogP contribution is -2.42. The van der Waals surface area contributed by atoms with Crippen molar-refractivity contribution in [1.29, 1.82) is 0 Å². The molecule has 0 spiro atoms. The maximum atomic E-state index is 12.5. The van der Waals surface area contributed by atoms with Gasteiger partial charge in [-0.05, 0) is 71.0 Å². The highest BCUT2D eigenvalue weighted by atomic mass is 16.2. The summed E-state index contributed by atoms with van der Waals surface area (Å²) >= 11 is 0. The average Bonchev–Trinajstić information content (AvgIpc) is 2.87. The first-order chi connectivity index (χ1) is 9.60. The van der Waals surface area contributed by atoms with E-state index in [9.17, 15) is 4.79 Å². The van der Waals surface area contributed by atoms with Gasteiger partial charge in [-0.3, -0.25) is 4.79 Å². The number of carbonyl (C=O) groups excluding carboxylic acids is 1. The third kappa shape index (κ3) is 4.19. The fourth-order valence-electron chi connectivity index (χ4n) is 3.81. The summed E-state index contributed by atoms with van der Waals surface area (Å²) in [5.41, 5.74) is 5.73. The van der Waals surface area contributed by atoms with Crippen LogP contribution < -0.4 is 5.73 Å². The highest BCUT2D eigenvalue weighted by Crippen LogP contribution is 2.31. The Morgan fingerprint density at radius 1 is 1.15 bits per heavy atom. The summed E-state index contributed by atoms with van der Waals surface area (Å²) in [6.45, 7) is 2.79. The van der Waals surface area contributed by atoms with Gasteiger partial charge in [-0.25, -0.2) is 0 Å². The van der Waals surface area contributed by atoms with Gasteiger partial charge in [0.25, 0.3) is 0 Å². The normalized spacial score (nSPS) is 31.0. The molecule has 0 bridgehead atoms. The Kier molecular flexibility index (Phi) is 5.85. The maximum absolute atomic E-state index is 12.5. The van der Waals surface area contributed by atoms with Gasteiger partial charge in [0.2, 0.25) is 5.91 Å². The molecule has 1 unspecified atom stereocenters. The molecule has 116 valence electrons. The summed E-state index contributed by atoms with van der Waals surface area (Å²) in [5, 5.41) is 0. The van der Waals surface area contributed by atoms with Gasteiger partial charge in [0, 0.05) is 25.6 Å². The Bertz CT molecular complexity index is 311. The van der Waals surface area contributed by atoms with Gasteiger partial charge in [0.15, 0.2) is 0 Å². The molecule has 1 saturated carbocycles. The molecule has 20 heavy (non-hydrogen) atoms. The minimum atomic E-state index is 0.394. The Labute approximate surface area is 123 Å². The summed E-state index contributed by atoms with van der Waals surface area (Å²) in [6.07, 6.45) is 7.93. The highest BCUT2D eigenvalue weighted by molar-refractivity contribution is 5.77. The molecular weight excluding hydrogens is 250 g/mol. The van der Waals surface area contributed by atoms with Crippen molar-refractivity contribution < 1.29 is 4.79 Å². The van der Waals surface area contributed by atoms with Gasteiger partial charge in [0.05, 0.1) is 0 Å². The standard InChI is InChI=1S/C16H31N3O/c1-18(2)12-15-4-3-9-19(15)16(20)10-13-5-7-14(11-17)8-6-13/h13-15H,3-12,17H2,1-2H3. The van der Waals surface area contributed by atoms with Crippen LogP contribution in [-0.2, 0) is 4.79 Å². The second-order valence-corrected chi connectivity index (χ2v) is 6.97. The van der Waals surface area contributed by atoms with E-state index in [-0.39, 0.29) is 0 Å². The van der Waals surface area contributed by atoms with E-state index >= 15 is 0 Å². The minimum Gasteiger partial charge on any atom is -0.338 e. The van der Waals surface area contributed by atoms with Crippen LogP contribution in [0.4, 0.5) is 0 Å². The number of amides is 1. The SMILES string of the molecule is CN(C)CC1CCCN1C(=O)CC1CCC(CN)CC1. The van der Waals surface area contributed by atoms with Gasteiger partial charge in [-0.2, -0.15) is 0 Å². The molecule has 1 heterocycles. The van der Waals surface area contributed by atoms with Crippen LogP contribution in [0, 0.1) is 11.8 Å². The second kappa shape index (κ2) is 7.41. The Hall–Kier alpha value is -0.610. The molecule has 0 radical (unpaired) electrons. The number of likely N-dealkylation sites (N-methyl/N-ethyl adjacent to an activating group) is 1. The van der Waals surface area contributed by atoms with Gasteiger partial charge >= 0.3 is 0 Å². The molecule has 4 nitrogen and oxygen atoms in total. The number of carbonyl (C=O) groups is 1. The Morgan fingerprint density at radius 2 is 1.80 bits per heavy atom. The molecule has 2 fully saturated rings. The number of hydrogen-bond acceptors (Lipinski definition) is 3. The molecule has 1 atom stereocenters. The van der Waals surface area contributed by atoms with E-state index in [1.54, 1.807) is 0 Å². The van der Waals surface area contributed by atoms with Crippen LogP contribution in [0.25, 0.3) is 0 Å². The number of rotatable bonds is 5. The second-order valence-electron chi connectivity index (χ2n) is 6.97. The van der Waals surface area contributed by atoms with Crippen LogP contribution >= 0.6 is 0 Å². The Morgan fingerprint density at radius 3 is 2.40 bits per heavy atom. The molecule has 1 amide bonds. The summed E-state index contributed by atoms with van der Waals surface area (Å²) in [4.78, 5) is 16.9. The van der Waals surface area contributed by atoms with Gasteiger partial charge in [-0.15, -0.1) is 0 Å². The minimum absolute atomic E-state index is 0.394. The molecule has 2 aliphatic rings. The molecule has 0 aromatic rings. The van der Waals surface area contributed by atoms with Crippen LogP contribution in [0.1, 0.15) is 44.9 Å². The molecule has 4 heteroatoms. The number of nitrogens with two attached hydrogens (primary N) is 1. The number of hydrogen-bond donors (Lipinski definition) is 1. The van der Waals surface area contributed by atoms with Gasteiger partial charge in [-0.1, -0.05) is 0 Å². The smallest absolute Gasteiger partial charge is 0.223 e. The first-order valence-corrected chi connectivity index (χ1v) is 8.24. The lowest BCUT2D eigenvalue weighted by Gasteiger charge is -2.31. The zero-order chi connectivity index (χ0) is 14.5. The van der Waals surface area contributed by atoms with Crippen LogP contribution in [0.2, 0.25) is 0 Å². The van der Waals surface area contributed by atoms with Crippen LogP contribution in [-0.4, -0.2) is 55.5 Å². The van der Waals surface area contributed by atoms with E-state index in [4.69, 9.17) is 5.73 Å². The van der Waals surface area contributed by atoms with E-state index in [2.05, 4.69) is 23.9 Å². The van der Waals surface area contributed by atoms with Crippen molar-refractivity contribution in [3.63, 3.8) is 0 Å². The van der Waals surface area contributed by atoms with E-state index in [1.807, 2.05) is 0 Å². The van der Waals surface area contributed by atoms with E-state index in [0.717, 1.165) is 26.1 Å². The van der Waals surface area contributed by atoms with Gasteiger partial charge < -0.3 is 15.5 Å². The van der Waals surface area contributed by atoms with Gasteiger partial charge in [0.1, 0.15) is 0 Å². The van der Waals surface area contributed by atoms with Crippen LogP contribution in [0.15, 0.2) is 0 Å². The summed E-state index contributed by atoms with van der Waals surface area (Å²) in [7, 11) is 4.18. The molecular formula is C16H31N3O. The zero-order valence-corrected chi connectivity index (χ0v) is 13.2. The van der Waals surface area contributed by atoms with Crippen molar-refractivity contribution in [3.05, 3.63) is 0 Å². The number of likely N-dealkylation sites (tertiary alicyclic amines) is 1. The van der Waals surface area contributed by atoms with E-state index in [1.165, 1.54) is 38.5 Å². The van der Waals surface area contributed by atoms with Crippen LogP contribution in [0.3, 0.4) is 0 Å². The summed E-state index contributed by atoms with van der Waals surface area (Å²) < 4.78 is 0. The van der Waals surface area contributed by atoms with Crippen molar-refractivity contribution in [3.8, 4) is 0 Å². The fraction of sp³-hybridized carbons (Fsp3) is 0.938. The van der Waals surface area contributed by atoms with Crippen molar-refractivity contribution >= 4 is 5.91 Å². The Balaban J connectivity index is 1.79. The van der Waals surface area contributed by atoms with Crippen molar-refractivity contribution in [2.24, 2.45) is 17.6 Å². The van der Waals surface area contributed by atoms with E-state index < -0.39 is 0 Å².